The number of carbonyl (C=O) groups excluding carboxylic acids is 1. The van der Waals surface area contributed by atoms with Gasteiger partial charge in [0.2, 0.25) is 5.91 Å². The van der Waals surface area contributed by atoms with Gasteiger partial charge in [0.1, 0.15) is 0 Å². The average Bonchev–Trinajstić information content (AvgIpc) is 2.75. The molecule has 1 aliphatic carbocycles. The Kier molecular flexibility index (Phi) is 33.0. The summed E-state index contributed by atoms with van der Waals surface area (Å²) in [5.41, 5.74) is 4.97. The van der Waals surface area contributed by atoms with Crippen LogP contribution in [0.2, 0.25) is 0 Å². The topological polar surface area (TPSA) is 43.1 Å². The van der Waals surface area contributed by atoms with Gasteiger partial charge in [0.15, 0.2) is 0 Å². The fraction of sp³-hybridized carbons (Fsp3) is 0.615. The number of amides is 1. The van der Waals surface area contributed by atoms with E-state index < -0.39 is 0 Å². The molecule has 0 aromatic carbocycles. The largest absolute Gasteiger partial charge is 2.00 e. The van der Waals surface area contributed by atoms with Gasteiger partial charge < -0.3 is 30.5 Å². The van der Waals surface area contributed by atoms with Gasteiger partial charge in [-0.05, 0) is 6.42 Å². The number of nitrogens with two attached hydrogens (primary N) is 1. The van der Waals surface area contributed by atoms with E-state index in [-0.39, 0.29) is 49.3 Å². The Balaban J connectivity index is -0.000000106. The maximum atomic E-state index is 10.3. The summed E-state index contributed by atoms with van der Waals surface area (Å²) in [5.74, 6) is -0.170. The van der Waals surface area contributed by atoms with E-state index in [2.05, 4.69) is 19.1 Å². The average molecular weight is 330 g/mol. The van der Waals surface area contributed by atoms with E-state index in [4.69, 9.17) is 5.73 Å². The van der Waals surface area contributed by atoms with Crippen molar-refractivity contribution < 1.29 is 48.2 Å². The molecule has 105 valence electrons. The second-order valence-electron chi connectivity index (χ2n) is 3.63. The molecule has 0 fully saturated rings. The van der Waals surface area contributed by atoms with E-state index >= 15 is 0 Å². The van der Waals surface area contributed by atoms with Crippen LogP contribution >= 0.6 is 0 Å². The summed E-state index contributed by atoms with van der Waals surface area (Å²) in [5, 5.41) is 0. The van der Waals surface area contributed by atoms with E-state index in [1.165, 1.54) is 19.3 Å². The molecule has 18 heavy (non-hydrogen) atoms. The Hall–Kier alpha value is 0.114. The fourth-order valence-electron chi connectivity index (χ4n) is 1.24. The van der Waals surface area contributed by atoms with Crippen LogP contribution < -0.4 is 30.5 Å². The molecule has 1 aliphatic rings. The van der Waals surface area contributed by atoms with E-state index in [0.717, 1.165) is 19.3 Å². The Morgan fingerprint density at radius 3 is 2.17 bits per heavy atom. The smallest absolute Gasteiger partial charge is 1.00 e. The van der Waals surface area contributed by atoms with Crippen LogP contribution in [0.4, 0.5) is 0 Å². The van der Waals surface area contributed by atoms with Gasteiger partial charge in [-0.2, -0.15) is 6.08 Å². The first-order valence-electron chi connectivity index (χ1n) is 5.77. The number of rotatable bonds is 6. The van der Waals surface area contributed by atoms with Gasteiger partial charge in [-0.15, -0.1) is 6.42 Å². The third-order valence-electron chi connectivity index (χ3n) is 2.11. The van der Waals surface area contributed by atoms with Crippen LogP contribution in [-0.4, -0.2) is 5.91 Å². The molecule has 2 nitrogen and oxygen atoms in total. The van der Waals surface area contributed by atoms with Crippen LogP contribution in [0.1, 0.15) is 51.9 Å². The first-order valence-corrected chi connectivity index (χ1v) is 5.77. The summed E-state index contributed by atoms with van der Waals surface area (Å²) >= 11 is 0. The van der Waals surface area contributed by atoms with E-state index in [0.29, 0.717) is 6.42 Å². The monoisotopic (exact) mass is 329 g/mol. The van der Waals surface area contributed by atoms with Crippen molar-refractivity contribution in [3.05, 3.63) is 24.3 Å². The van der Waals surface area contributed by atoms with Gasteiger partial charge in [-0.1, -0.05) is 32.6 Å². The summed E-state index contributed by atoms with van der Waals surface area (Å²) in [7, 11) is 0. The summed E-state index contributed by atoms with van der Waals surface area (Å²) in [6.45, 7) is 2.17. The number of unbranched alkanes of at least 4 members (excludes halogenated alkanes) is 4. The first-order chi connectivity index (χ1) is 7.27. The second-order valence-corrected chi connectivity index (χ2v) is 3.63. The Morgan fingerprint density at radius 1 is 1.22 bits per heavy atom. The Morgan fingerprint density at radius 2 is 1.83 bits per heavy atom. The summed E-state index contributed by atoms with van der Waals surface area (Å²) in [4.78, 5) is 10.3. The van der Waals surface area contributed by atoms with Crippen molar-refractivity contribution in [1.29, 1.82) is 0 Å². The number of allylic oxidation sites excluding steroid dienone is 4. The molecule has 2 N–H and O–H groups in total. The zero-order chi connectivity index (χ0) is 11.4. The summed E-state index contributed by atoms with van der Waals surface area (Å²) in [6.07, 6.45) is 16.4. The molecule has 0 saturated heterocycles. The summed E-state index contributed by atoms with van der Waals surface area (Å²) in [6, 6.07) is 0. The SMILES string of the molecule is CCCCCCCC(N)=O.[C-]1=CC=CC1.[Cl-].[Cl-].[V+2]. The van der Waals surface area contributed by atoms with Crippen LogP contribution in [0.5, 0.6) is 0 Å². The molecule has 0 bridgehead atoms. The minimum Gasteiger partial charge on any atom is -1.00 e. The molecule has 1 radical (unpaired) electrons. The second kappa shape index (κ2) is 22.3. The van der Waals surface area contributed by atoms with Crippen molar-refractivity contribution in [2.75, 3.05) is 0 Å². The third-order valence-corrected chi connectivity index (χ3v) is 2.11. The zero-order valence-electron chi connectivity index (χ0n) is 10.9. The number of primary amides is 1. The first kappa shape index (κ1) is 26.6. The van der Waals surface area contributed by atoms with Crippen LogP contribution in [0, 0.1) is 6.08 Å². The Labute approximate surface area is 136 Å². The zero-order valence-corrected chi connectivity index (χ0v) is 13.8. The molecule has 0 spiro atoms. The maximum Gasteiger partial charge on any atom is 2.00 e. The quantitative estimate of drug-likeness (QED) is 0.413. The van der Waals surface area contributed by atoms with Crippen LogP contribution in [0.25, 0.3) is 0 Å². The third kappa shape index (κ3) is 25.1. The molecular weight excluding hydrogens is 308 g/mol. The maximum absolute atomic E-state index is 10.3. The molecule has 0 aromatic heterocycles. The van der Waals surface area contributed by atoms with E-state index in [1.807, 2.05) is 12.2 Å². The molecule has 0 aliphatic heterocycles. The number of hydrogen-bond donors (Lipinski definition) is 1. The minimum absolute atomic E-state index is 0. The standard InChI is InChI=1S/C8H17NO.C5H5.2ClH.V/c1-2-3-4-5-6-7-8(9)10;1-2-4-5-3-1;;;/h2-7H2,1H3,(H2,9,10);1-3H,4H2;2*1H;/q;-1;;;+2/p-2. The number of halogens is 2. The van der Waals surface area contributed by atoms with E-state index in [1.54, 1.807) is 0 Å². The molecule has 0 unspecified atom stereocenters. The van der Waals surface area contributed by atoms with Gasteiger partial charge in [0.05, 0.1) is 0 Å². The molecular formula is C13H22Cl2NOV-. The predicted octanol–water partition coefficient (Wildman–Crippen LogP) is -2.86. The van der Waals surface area contributed by atoms with Gasteiger partial charge in [0.25, 0.3) is 0 Å². The van der Waals surface area contributed by atoms with Gasteiger partial charge in [-0.25, -0.2) is 12.2 Å². The van der Waals surface area contributed by atoms with Crippen LogP contribution in [-0.2, 0) is 23.4 Å². The van der Waals surface area contributed by atoms with Gasteiger partial charge in [-0.3, -0.25) is 10.9 Å². The van der Waals surface area contributed by atoms with Crippen molar-refractivity contribution in [1.82, 2.24) is 0 Å². The molecule has 1 rings (SSSR count). The van der Waals surface area contributed by atoms with Crippen molar-refractivity contribution in [3.63, 3.8) is 0 Å². The predicted molar refractivity (Wildman–Crippen MR) is 64.1 cm³/mol. The Bertz CT molecular complexity index is 211. The number of carbonyl (C=O) groups is 1. The number of hydrogen-bond acceptors (Lipinski definition) is 1. The van der Waals surface area contributed by atoms with Crippen molar-refractivity contribution in [3.8, 4) is 0 Å². The molecule has 5 heteroatoms. The summed E-state index contributed by atoms with van der Waals surface area (Å²) < 4.78 is 0. The van der Waals surface area contributed by atoms with Crippen LogP contribution in [0.3, 0.4) is 0 Å². The molecule has 1 amide bonds. The molecule has 0 saturated carbocycles. The van der Waals surface area contributed by atoms with Crippen LogP contribution in [0.15, 0.2) is 18.2 Å². The van der Waals surface area contributed by atoms with Crippen molar-refractivity contribution in [2.45, 2.75) is 51.9 Å². The molecule has 0 heterocycles. The normalized spacial score (nSPS) is 10.3. The van der Waals surface area contributed by atoms with Gasteiger partial charge >= 0.3 is 18.6 Å². The molecule has 0 aromatic rings. The van der Waals surface area contributed by atoms with Crippen molar-refractivity contribution in [2.24, 2.45) is 5.73 Å². The fourth-order valence-corrected chi connectivity index (χ4v) is 1.24. The molecule has 0 atom stereocenters. The van der Waals surface area contributed by atoms with Gasteiger partial charge in [0, 0.05) is 6.42 Å². The van der Waals surface area contributed by atoms with Crippen molar-refractivity contribution >= 4 is 5.91 Å². The minimum atomic E-state index is -0.170. The van der Waals surface area contributed by atoms with E-state index in [9.17, 15) is 4.79 Å².